The number of para-hydroxylation sites is 1. The van der Waals surface area contributed by atoms with Gasteiger partial charge in [0.15, 0.2) is 6.10 Å². The summed E-state index contributed by atoms with van der Waals surface area (Å²) >= 11 is 6.12. The van der Waals surface area contributed by atoms with Crippen LogP contribution in [-0.2, 0) is 38.1 Å². The van der Waals surface area contributed by atoms with E-state index < -0.39 is 41.5 Å². The van der Waals surface area contributed by atoms with Gasteiger partial charge in [-0.05, 0) is 67.1 Å². The van der Waals surface area contributed by atoms with Crippen molar-refractivity contribution in [2.24, 2.45) is 0 Å². The molecule has 2 aliphatic heterocycles. The summed E-state index contributed by atoms with van der Waals surface area (Å²) in [4.78, 5) is 63.2. The molecule has 1 atom stereocenters. The molecule has 0 spiro atoms. The van der Waals surface area contributed by atoms with Crippen molar-refractivity contribution in [1.82, 2.24) is 19.7 Å². The van der Waals surface area contributed by atoms with Crippen molar-refractivity contribution in [2.75, 3.05) is 75.4 Å². The van der Waals surface area contributed by atoms with Gasteiger partial charge in [-0.1, -0.05) is 49.6 Å². The smallest absolute Gasteiger partial charge is 0.418 e. The fourth-order valence-electron chi connectivity index (χ4n) is 7.20. The van der Waals surface area contributed by atoms with Crippen LogP contribution in [0.2, 0.25) is 5.02 Å². The lowest BCUT2D eigenvalue weighted by Gasteiger charge is -2.38. The van der Waals surface area contributed by atoms with Gasteiger partial charge in [-0.3, -0.25) is 9.59 Å². The lowest BCUT2D eigenvalue weighted by Crippen LogP contribution is -2.53. The highest BCUT2D eigenvalue weighted by Gasteiger charge is 2.37. The largest absolute Gasteiger partial charge is 0.462 e. The molecule has 3 aromatic rings. The first-order valence-electron chi connectivity index (χ1n) is 19.6. The summed E-state index contributed by atoms with van der Waals surface area (Å²) in [6, 6.07) is 13.1. The molecule has 314 valence electrons. The van der Waals surface area contributed by atoms with Crippen LogP contribution >= 0.6 is 11.6 Å². The number of pyridine rings is 1. The number of unbranched alkanes of at least 4 members (excludes halogenated alkanes) is 2. The number of carbonyl (C=O) groups is 4. The maximum Gasteiger partial charge on any atom is 0.418 e. The Bertz CT molecular complexity index is 1870. The lowest BCUT2D eigenvalue weighted by atomic mass is 10.0. The van der Waals surface area contributed by atoms with Crippen LogP contribution in [0.15, 0.2) is 54.7 Å². The van der Waals surface area contributed by atoms with E-state index in [0.29, 0.717) is 56.9 Å². The minimum atomic E-state index is -4.81. The summed E-state index contributed by atoms with van der Waals surface area (Å²) in [5.74, 6) is -0.439. The van der Waals surface area contributed by atoms with Crippen LogP contribution in [0.3, 0.4) is 0 Å². The van der Waals surface area contributed by atoms with Gasteiger partial charge in [-0.2, -0.15) is 13.2 Å². The third-order valence-electron chi connectivity index (χ3n) is 10.6. The molecule has 3 heterocycles. The van der Waals surface area contributed by atoms with E-state index in [2.05, 4.69) is 17.2 Å². The van der Waals surface area contributed by atoms with E-state index in [1.807, 2.05) is 36.2 Å². The number of piperidine rings is 1. The van der Waals surface area contributed by atoms with Crippen molar-refractivity contribution < 1.29 is 41.8 Å². The molecule has 0 aliphatic carbocycles. The van der Waals surface area contributed by atoms with Crippen molar-refractivity contribution in [2.45, 2.75) is 70.2 Å². The highest BCUT2D eigenvalue weighted by Crippen LogP contribution is 2.38. The number of esters is 1. The summed E-state index contributed by atoms with van der Waals surface area (Å²) in [5, 5.41) is 2.82. The molecule has 3 N–H and O–H groups in total. The highest BCUT2D eigenvalue weighted by atomic mass is 35.5. The predicted molar refractivity (Wildman–Crippen MR) is 215 cm³/mol. The summed E-state index contributed by atoms with van der Waals surface area (Å²) < 4.78 is 52.8. The number of ether oxygens (including phenoxy) is 2. The molecule has 0 radical (unpaired) electrons. The van der Waals surface area contributed by atoms with Gasteiger partial charge in [0.05, 0.1) is 28.4 Å². The van der Waals surface area contributed by atoms with Crippen molar-refractivity contribution in [1.29, 1.82) is 0 Å². The molecule has 0 saturated carbocycles. The maximum atomic E-state index is 14.1. The Morgan fingerprint density at radius 3 is 2.40 bits per heavy atom. The number of hydrogen-bond acceptors (Lipinski definition) is 10. The first-order valence-corrected chi connectivity index (χ1v) is 19.9. The number of nitrogens with one attached hydrogen (secondary N) is 1. The zero-order valence-corrected chi connectivity index (χ0v) is 33.6. The number of halogens is 4. The number of hydrogen-bond donors (Lipinski definition) is 2. The average Bonchev–Trinajstić information content (AvgIpc) is 3.23. The normalized spacial score (nSPS) is 15.4. The molecule has 2 fully saturated rings. The van der Waals surface area contributed by atoms with Crippen LogP contribution in [0.4, 0.5) is 35.2 Å². The fourth-order valence-corrected chi connectivity index (χ4v) is 7.44. The number of nitrogens with two attached hydrogens (primary N) is 1. The number of likely N-dealkylation sites (tertiary alicyclic amines) is 1. The van der Waals surface area contributed by atoms with E-state index >= 15 is 0 Å². The number of rotatable bonds is 16. The topological polar surface area (TPSA) is 151 Å². The van der Waals surface area contributed by atoms with Crippen LogP contribution in [0.1, 0.15) is 66.1 Å². The average molecular weight is 830 g/mol. The first-order chi connectivity index (χ1) is 27.8. The van der Waals surface area contributed by atoms with Gasteiger partial charge in [0, 0.05) is 77.2 Å². The number of amides is 3. The lowest BCUT2D eigenvalue weighted by molar-refractivity contribution is -0.141. The second-order valence-corrected chi connectivity index (χ2v) is 14.8. The van der Waals surface area contributed by atoms with Crippen LogP contribution in [0.5, 0.6) is 0 Å². The van der Waals surface area contributed by atoms with E-state index in [9.17, 15) is 32.3 Å². The molecule has 2 saturated heterocycles. The second kappa shape index (κ2) is 20.4. The Labute approximate surface area is 341 Å². The zero-order chi connectivity index (χ0) is 41.8. The number of piperazine rings is 1. The van der Waals surface area contributed by atoms with E-state index in [1.165, 1.54) is 22.1 Å². The van der Waals surface area contributed by atoms with Gasteiger partial charge in [0.25, 0.3) is 5.91 Å². The number of nitrogen functional groups attached to an aromatic ring is 1. The summed E-state index contributed by atoms with van der Waals surface area (Å²) in [6.07, 6.45) is -0.850. The standard InChI is InChI=1S/C41H51ClF3N7O6/c1-3-4-7-22-57-39(55)30-10-11-36(48-26-30)49-18-20-50(21-19-49)38(54)35(25-28-23-32(41(43,44)45)37(46)33(42)24-28)58-40(56)51-16-13-31(14-17-51)52(27-53)15-12-29-8-5-6-9-34(29)47-2/h5-6,8-11,23-24,26-27,31,35,47H,3-4,7,12-22,25,46H2,1-2H3/t35-/m1/s1. The van der Waals surface area contributed by atoms with Crippen molar-refractivity contribution in [3.8, 4) is 0 Å². The molecule has 0 unspecified atom stereocenters. The maximum absolute atomic E-state index is 14.1. The first kappa shape index (κ1) is 43.9. The SMILES string of the molecule is CCCCCOC(=O)c1ccc(N2CCN(C(=O)[C@@H](Cc3cc(Cl)c(N)c(C(F)(F)F)c3)OC(=O)N3CCC(N(C=O)CCc4ccccc4NC)CC3)CC2)nc1. The summed E-state index contributed by atoms with van der Waals surface area (Å²) in [6.45, 7) is 4.50. The summed E-state index contributed by atoms with van der Waals surface area (Å²) in [5.41, 5.74) is 6.26. The Morgan fingerprint density at radius 1 is 1.03 bits per heavy atom. The Balaban J connectivity index is 1.23. The molecule has 17 heteroatoms. The van der Waals surface area contributed by atoms with Crippen molar-refractivity contribution in [3.05, 3.63) is 82.0 Å². The number of carbonyl (C=O) groups excluding carboxylic acids is 4. The molecule has 2 aliphatic rings. The zero-order valence-electron chi connectivity index (χ0n) is 32.8. The molecule has 13 nitrogen and oxygen atoms in total. The number of alkyl halides is 3. The summed E-state index contributed by atoms with van der Waals surface area (Å²) in [7, 11) is 1.84. The molecular weight excluding hydrogens is 779 g/mol. The Morgan fingerprint density at radius 2 is 1.76 bits per heavy atom. The van der Waals surface area contributed by atoms with E-state index in [1.54, 1.807) is 17.0 Å². The minimum Gasteiger partial charge on any atom is -0.462 e. The molecule has 2 aromatic carbocycles. The van der Waals surface area contributed by atoms with Crippen LogP contribution in [0.25, 0.3) is 0 Å². The third kappa shape index (κ3) is 11.4. The Hall–Kier alpha value is -5.25. The van der Waals surface area contributed by atoms with Crippen molar-refractivity contribution in [3.63, 3.8) is 0 Å². The molecule has 5 rings (SSSR count). The molecule has 0 bridgehead atoms. The van der Waals surface area contributed by atoms with E-state index in [0.717, 1.165) is 43.0 Å². The second-order valence-electron chi connectivity index (χ2n) is 14.4. The number of aromatic nitrogens is 1. The van der Waals surface area contributed by atoms with Gasteiger partial charge in [-0.15, -0.1) is 0 Å². The van der Waals surface area contributed by atoms with Crippen LogP contribution in [0, 0.1) is 0 Å². The molecular formula is C41H51ClF3N7O6. The molecule has 3 amide bonds. The minimum absolute atomic E-state index is 0.0182. The number of benzene rings is 2. The van der Waals surface area contributed by atoms with E-state index in [-0.39, 0.29) is 49.2 Å². The number of anilines is 3. The van der Waals surface area contributed by atoms with Gasteiger partial charge < -0.3 is 40.1 Å². The van der Waals surface area contributed by atoms with Gasteiger partial charge in [0.2, 0.25) is 6.41 Å². The molecule has 58 heavy (non-hydrogen) atoms. The van der Waals surface area contributed by atoms with Gasteiger partial charge in [0.1, 0.15) is 5.82 Å². The monoisotopic (exact) mass is 829 g/mol. The highest BCUT2D eigenvalue weighted by molar-refractivity contribution is 6.33. The van der Waals surface area contributed by atoms with Crippen molar-refractivity contribution >= 4 is 53.2 Å². The fraction of sp³-hybridized carbons (Fsp3) is 0.488. The number of nitrogens with zero attached hydrogens (tertiary/aromatic N) is 5. The van der Waals surface area contributed by atoms with E-state index in [4.69, 9.17) is 26.8 Å². The van der Waals surface area contributed by atoms with Crippen LogP contribution < -0.4 is 16.0 Å². The Kier molecular flexibility index (Phi) is 15.5. The predicted octanol–water partition coefficient (Wildman–Crippen LogP) is 6.29. The molecule has 1 aromatic heterocycles. The van der Waals surface area contributed by atoms with Crippen LogP contribution in [-0.4, -0.2) is 116 Å². The quantitative estimate of drug-likeness (QED) is 0.0731. The third-order valence-corrected chi connectivity index (χ3v) is 10.9. The van der Waals surface area contributed by atoms with Gasteiger partial charge in [-0.25, -0.2) is 14.6 Å². The van der Waals surface area contributed by atoms with Gasteiger partial charge >= 0.3 is 18.2 Å².